The van der Waals surface area contributed by atoms with Crippen molar-refractivity contribution in [3.63, 3.8) is 0 Å². The first kappa shape index (κ1) is 24.5. The van der Waals surface area contributed by atoms with E-state index in [2.05, 4.69) is 60.0 Å². The van der Waals surface area contributed by atoms with Gasteiger partial charge in [-0.1, -0.05) is 50.2 Å². The summed E-state index contributed by atoms with van der Waals surface area (Å²) in [5.74, 6) is 1.19. The Morgan fingerprint density at radius 3 is 2.41 bits per heavy atom. The number of nitrogens with zero attached hydrogens (tertiary/aromatic N) is 4. The molecule has 1 N–H and O–H groups in total. The summed E-state index contributed by atoms with van der Waals surface area (Å²) in [6, 6.07) is 10.2. The zero-order valence-corrected chi connectivity index (χ0v) is 21.3. The lowest BCUT2D eigenvalue weighted by atomic mass is 9.61. The molecule has 4 rings (SSSR count). The largest absolute Gasteiger partial charge is 0.380 e. The molecular weight excluding hydrogens is 428 g/mol. The van der Waals surface area contributed by atoms with Gasteiger partial charge in [0.1, 0.15) is 12.2 Å². The van der Waals surface area contributed by atoms with Crippen LogP contribution in [-0.2, 0) is 16.9 Å². The summed E-state index contributed by atoms with van der Waals surface area (Å²) in [6.07, 6.45) is 3.40. The van der Waals surface area contributed by atoms with E-state index in [1.165, 1.54) is 5.56 Å². The number of likely N-dealkylation sites (tertiary alicyclic amines) is 1. The lowest BCUT2D eigenvalue weighted by Crippen LogP contribution is -2.63. The van der Waals surface area contributed by atoms with Gasteiger partial charge in [-0.05, 0) is 50.9 Å². The normalized spacial score (nSPS) is 18.0. The first-order valence-corrected chi connectivity index (χ1v) is 11.9. The van der Waals surface area contributed by atoms with Crippen molar-refractivity contribution in [2.24, 2.45) is 5.41 Å². The predicted molar refractivity (Wildman–Crippen MR) is 131 cm³/mol. The van der Waals surface area contributed by atoms with Gasteiger partial charge in [0.25, 0.3) is 5.89 Å². The van der Waals surface area contributed by atoms with Gasteiger partial charge in [0.15, 0.2) is 5.82 Å². The fraction of sp³-hybridized carbons (Fsp3) is 0.519. The summed E-state index contributed by atoms with van der Waals surface area (Å²) in [5, 5.41) is 16.7. The van der Waals surface area contributed by atoms with Crippen molar-refractivity contribution < 1.29 is 14.4 Å². The topological polar surface area (TPSA) is 84.5 Å². The molecule has 0 unspecified atom stereocenters. The molecule has 1 aromatic carbocycles. The van der Waals surface area contributed by atoms with Crippen LogP contribution in [0.15, 0.2) is 47.2 Å². The second kappa shape index (κ2) is 8.87. The molecule has 182 valence electrons. The molecule has 3 aromatic rings. The Balaban J connectivity index is 1.79. The van der Waals surface area contributed by atoms with Crippen molar-refractivity contribution in [1.82, 2.24) is 20.0 Å². The molecule has 0 amide bonds. The van der Waals surface area contributed by atoms with E-state index in [-0.39, 0.29) is 12.2 Å². The number of pyridine rings is 1. The third kappa shape index (κ3) is 4.52. The van der Waals surface area contributed by atoms with E-state index in [1.54, 1.807) is 12.4 Å². The van der Waals surface area contributed by atoms with Crippen LogP contribution < -0.4 is 0 Å². The molecule has 0 saturated carbocycles. The van der Waals surface area contributed by atoms with Gasteiger partial charge in [-0.15, -0.1) is 0 Å². The van der Waals surface area contributed by atoms with E-state index in [1.807, 2.05) is 39.0 Å². The van der Waals surface area contributed by atoms with Crippen LogP contribution in [-0.4, -0.2) is 50.9 Å². The first-order chi connectivity index (χ1) is 15.9. The SMILES string of the molecule is CC(C)c1ccc([C@@](O)(c2ccncc2-c2nc(COC(C)(C)C)no2)C2(C)CN(C)C2)cc1. The Morgan fingerprint density at radius 1 is 1.15 bits per heavy atom. The van der Waals surface area contributed by atoms with E-state index in [4.69, 9.17) is 9.26 Å². The zero-order valence-electron chi connectivity index (χ0n) is 21.3. The molecular formula is C27H36N4O3. The van der Waals surface area contributed by atoms with Crippen LogP contribution in [0.5, 0.6) is 0 Å². The maximum absolute atomic E-state index is 12.6. The number of rotatable bonds is 7. The van der Waals surface area contributed by atoms with Crippen molar-refractivity contribution in [2.75, 3.05) is 20.1 Å². The van der Waals surface area contributed by atoms with Gasteiger partial charge in [0.05, 0.1) is 11.2 Å². The number of aromatic nitrogens is 3. The van der Waals surface area contributed by atoms with Crippen molar-refractivity contribution in [2.45, 2.75) is 65.3 Å². The third-order valence-corrected chi connectivity index (χ3v) is 6.65. The molecule has 34 heavy (non-hydrogen) atoms. The lowest BCUT2D eigenvalue weighted by molar-refractivity contribution is -0.127. The predicted octanol–water partition coefficient (Wildman–Crippen LogP) is 4.76. The number of hydrogen-bond donors (Lipinski definition) is 1. The summed E-state index contributed by atoms with van der Waals surface area (Å²) in [4.78, 5) is 11.1. The van der Waals surface area contributed by atoms with Crippen LogP contribution in [0.1, 0.15) is 70.0 Å². The van der Waals surface area contributed by atoms with Gasteiger partial charge < -0.3 is 19.3 Å². The van der Waals surface area contributed by atoms with Gasteiger partial charge in [-0.2, -0.15) is 4.98 Å². The number of benzene rings is 1. The van der Waals surface area contributed by atoms with Gasteiger partial charge in [0, 0.05) is 36.5 Å². The molecule has 3 heterocycles. The Morgan fingerprint density at radius 2 is 1.82 bits per heavy atom. The number of hydrogen-bond acceptors (Lipinski definition) is 7. The molecule has 1 fully saturated rings. The second-order valence-corrected chi connectivity index (χ2v) is 11.1. The quantitative estimate of drug-likeness (QED) is 0.540. The van der Waals surface area contributed by atoms with Crippen LogP contribution in [0.3, 0.4) is 0 Å². The van der Waals surface area contributed by atoms with E-state index in [0.717, 1.165) is 18.7 Å². The minimum absolute atomic E-state index is 0.242. The van der Waals surface area contributed by atoms with Gasteiger partial charge in [-0.25, -0.2) is 0 Å². The van der Waals surface area contributed by atoms with Gasteiger partial charge in [-0.3, -0.25) is 4.98 Å². The highest BCUT2D eigenvalue weighted by molar-refractivity contribution is 5.62. The van der Waals surface area contributed by atoms with Gasteiger partial charge >= 0.3 is 0 Å². The van der Waals surface area contributed by atoms with Crippen molar-refractivity contribution >= 4 is 0 Å². The smallest absolute Gasteiger partial charge is 0.259 e. The monoisotopic (exact) mass is 464 g/mol. The summed E-state index contributed by atoms with van der Waals surface area (Å²) < 4.78 is 11.4. The van der Waals surface area contributed by atoms with Crippen molar-refractivity contribution in [3.05, 3.63) is 65.2 Å². The summed E-state index contributed by atoms with van der Waals surface area (Å²) in [6.45, 7) is 14.2. The van der Waals surface area contributed by atoms with E-state index in [0.29, 0.717) is 28.8 Å². The zero-order chi connectivity index (χ0) is 24.7. The summed E-state index contributed by atoms with van der Waals surface area (Å²) >= 11 is 0. The summed E-state index contributed by atoms with van der Waals surface area (Å²) in [5.41, 5.74) is 1.42. The average molecular weight is 465 g/mol. The van der Waals surface area contributed by atoms with Crippen molar-refractivity contribution in [3.8, 4) is 11.5 Å². The van der Waals surface area contributed by atoms with E-state index in [9.17, 15) is 5.11 Å². The minimum atomic E-state index is -1.27. The highest BCUT2D eigenvalue weighted by Gasteiger charge is 2.56. The van der Waals surface area contributed by atoms with Crippen LogP contribution >= 0.6 is 0 Å². The fourth-order valence-corrected chi connectivity index (χ4v) is 4.90. The Labute approximate surface area is 202 Å². The number of aliphatic hydroxyl groups is 1. The molecule has 7 heteroatoms. The molecule has 0 radical (unpaired) electrons. The average Bonchev–Trinajstić information content (AvgIpc) is 3.25. The standard InChI is InChI=1S/C27H36N4O3/c1-18(2)19-8-10-20(11-9-19)27(32,26(6)16-31(7)17-26)22-12-13-28-14-21(22)24-29-23(30-34-24)15-33-25(3,4)5/h8-14,18,32H,15-17H2,1-7H3/t27-/m1/s1. The molecule has 1 aliphatic rings. The molecule has 7 nitrogen and oxygen atoms in total. The Bertz CT molecular complexity index is 1130. The highest BCUT2D eigenvalue weighted by Crippen LogP contribution is 2.52. The second-order valence-electron chi connectivity index (χ2n) is 11.1. The maximum Gasteiger partial charge on any atom is 0.259 e. The summed E-state index contributed by atoms with van der Waals surface area (Å²) in [7, 11) is 2.07. The fourth-order valence-electron chi connectivity index (χ4n) is 4.90. The molecule has 0 aliphatic carbocycles. The maximum atomic E-state index is 12.6. The molecule has 1 atom stereocenters. The van der Waals surface area contributed by atoms with Crippen molar-refractivity contribution in [1.29, 1.82) is 0 Å². The van der Waals surface area contributed by atoms with Crippen LogP contribution in [0, 0.1) is 5.41 Å². The molecule has 2 aromatic heterocycles. The first-order valence-electron chi connectivity index (χ1n) is 11.9. The third-order valence-electron chi connectivity index (χ3n) is 6.65. The minimum Gasteiger partial charge on any atom is -0.380 e. The van der Waals surface area contributed by atoms with Crippen LogP contribution in [0.2, 0.25) is 0 Å². The van der Waals surface area contributed by atoms with Crippen LogP contribution in [0.25, 0.3) is 11.5 Å². The lowest BCUT2D eigenvalue weighted by Gasteiger charge is -2.56. The Hall–Kier alpha value is -2.61. The van der Waals surface area contributed by atoms with E-state index >= 15 is 0 Å². The molecule has 1 aliphatic heterocycles. The number of ether oxygens (including phenoxy) is 1. The molecule has 1 saturated heterocycles. The molecule has 0 bridgehead atoms. The van der Waals surface area contributed by atoms with Crippen LogP contribution in [0.4, 0.5) is 0 Å². The Kier molecular flexibility index (Phi) is 6.40. The van der Waals surface area contributed by atoms with Gasteiger partial charge in [0.2, 0.25) is 0 Å². The van der Waals surface area contributed by atoms with E-state index < -0.39 is 11.0 Å². The molecule has 0 spiro atoms. The highest BCUT2D eigenvalue weighted by atomic mass is 16.5.